The van der Waals surface area contributed by atoms with Crippen LogP contribution in [-0.2, 0) is 0 Å². The molecule has 102 valence electrons. The van der Waals surface area contributed by atoms with Gasteiger partial charge in [-0.05, 0) is 44.6 Å². The van der Waals surface area contributed by atoms with Gasteiger partial charge in [0.2, 0.25) is 0 Å². The molecule has 0 radical (unpaired) electrons. The predicted octanol–water partition coefficient (Wildman–Crippen LogP) is 3.40. The second-order valence-corrected chi connectivity index (χ2v) is 6.70. The number of rotatable bonds is 5. The number of hydrogen-bond acceptors (Lipinski definition) is 2. The van der Waals surface area contributed by atoms with E-state index in [0.717, 1.165) is 6.54 Å². The van der Waals surface area contributed by atoms with Crippen molar-refractivity contribution in [3.8, 4) is 0 Å². The van der Waals surface area contributed by atoms with Crippen LogP contribution in [0, 0.1) is 5.41 Å². The summed E-state index contributed by atoms with van der Waals surface area (Å²) < 4.78 is 0. The molecule has 0 spiro atoms. The van der Waals surface area contributed by atoms with Gasteiger partial charge in [0.1, 0.15) is 0 Å². The summed E-state index contributed by atoms with van der Waals surface area (Å²) >= 11 is 0. The molecule has 1 aliphatic rings. The van der Waals surface area contributed by atoms with Crippen LogP contribution in [-0.4, -0.2) is 30.1 Å². The molecule has 0 heterocycles. The van der Waals surface area contributed by atoms with Crippen molar-refractivity contribution in [2.75, 3.05) is 13.6 Å². The summed E-state index contributed by atoms with van der Waals surface area (Å²) in [5, 5.41) is 0. The number of nitrogens with zero attached hydrogens (tertiary/aromatic N) is 1. The van der Waals surface area contributed by atoms with Gasteiger partial charge in [-0.1, -0.05) is 34.1 Å². The van der Waals surface area contributed by atoms with Crippen molar-refractivity contribution in [3.63, 3.8) is 0 Å². The summed E-state index contributed by atoms with van der Waals surface area (Å²) in [6, 6.07) is 0.687. The number of nitrogens with two attached hydrogens (primary N) is 1. The maximum absolute atomic E-state index is 6.17. The first kappa shape index (κ1) is 15.0. The van der Waals surface area contributed by atoms with E-state index in [1.54, 1.807) is 0 Å². The first-order valence-corrected chi connectivity index (χ1v) is 7.34. The molecule has 1 saturated carbocycles. The standard InChI is InChI=1S/C15H32N2/c1-6-13(7-2)17(5)15(12-16)10-8-9-14(3,4)11-15/h13H,6-12,16H2,1-5H3. The van der Waals surface area contributed by atoms with Crippen LogP contribution in [0.3, 0.4) is 0 Å². The second-order valence-electron chi connectivity index (χ2n) is 6.70. The Hall–Kier alpha value is -0.0800. The molecule has 2 heteroatoms. The van der Waals surface area contributed by atoms with Gasteiger partial charge in [-0.2, -0.15) is 0 Å². The summed E-state index contributed by atoms with van der Waals surface area (Å²) in [6.07, 6.45) is 7.67. The molecule has 0 amide bonds. The minimum Gasteiger partial charge on any atom is -0.329 e. The Morgan fingerprint density at radius 1 is 1.18 bits per heavy atom. The highest BCUT2D eigenvalue weighted by atomic mass is 15.2. The molecule has 0 saturated heterocycles. The van der Waals surface area contributed by atoms with E-state index in [-0.39, 0.29) is 5.54 Å². The van der Waals surface area contributed by atoms with Gasteiger partial charge < -0.3 is 5.73 Å². The van der Waals surface area contributed by atoms with Crippen molar-refractivity contribution >= 4 is 0 Å². The van der Waals surface area contributed by atoms with Gasteiger partial charge in [0.15, 0.2) is 0 Å². The van der Waals surface area contributed by atoms with E-state index in [2.05, 4.69) is 39.6 Å². The Labute approximate surface area is 108 Å². The van der Waals surface area contributed by atoms with Crippen molar-refractivity contribution in [2.24, 2.45) is 11.1 Å². The molecular weight excluding hydrogens is 208 g/mol. The van der Waals surface area contributed by atoms with Crippen molar-refractivity contribution in [1.29, 1.82) is 0 Å². The SMILES string of the molecule is CCC(CC)N(C)C1(CN)CCCC(C)(C)C1. The lowest BCUT2D eigenvalue weighted by atomic mass is 9.67. The van der Waals surface area contributed by atoms with Gasteiger partial charge >= 0.3 is 0 Å². The van der Waals surface area contributed by atoms with E-state index in [1.165, 1.54) is 38.5 Å². The number of likely N-dealkylation sites (N-methyl/N-ethyl adjacent to an activating group) is 1. The zero-order chi connectivity index (χ0) is 13.1. The van der Waals surface area contributed by atoms with E-state index in [9.17, 15) is 0 Å². The summed E-state index contributed by atoms with van der Waals surface area (Å²) in [5.41, 5.74) is 6.87. The lowest BCUT2D eigenvalue weighted by Gasteiger charge is -2.52. The molecule has 0 aromatic heterocycles. The molecule has 0 aromatic rings. The fourth-order valence-corrected chi connectivity index (χ4v) is 3.81. The molecule has 1 aliphatic carbocycles. The zero-order valence-corrected chi connectivity index (χ0v) is 12.6. The van der Waals surface area contributed by atoms with E-state index < -0.39 is 0 Å². The minimum absolute atomic E-state index is 0.248. The molecule has 0 aliphatic heterocycles. The normalized spacial score (nSPS) is 28.9. The van der Waals surface area contributed by atoms with E-state index in [0.29, 0.717) is 11.5 Å². The first-order chi connectivity index (χ1) is 7.90. The summed E-state index contributed by atoms with van der Waals surface area (Å²) in [5.74, 6) is 0. The molecule has 1 rings (SSSR count). The molecule has 17 heavy (non-hydrogen) atoms. The van der Waals surface area contributed by atoms with Crippen molar-refractivity contribution in [1.82, 2.24) is 4.90 Å². The van der Waals surface area contributed by atoms with Crippen LogP contribution in [0.1, 0.15) is 66.2 Å². The Bertz CT molecular complexity index is 233. The third kappa shape index (κ3) is 3.23. The summed E-state index contributed by atoms with van der Waals surface area (Å²) in [6.45, 7) is 10.2. The molecule has 1 atom stereocenters. The fourth-order valence-electron chi connectivity index (χ4n) is 3.81. The molecule has 1 unspecified atom stereocenters. The van der Waals surface area contributed by atoms with Gasteiger partial charge in [0, 0.05) is 18.1 Å². The lowest BCUT2D eigenvalue weighted by Crippen LogP contribution is -2.59. The maximum atomic E-state index is 6.17. The third-order valence-electron chi connectivity index (χ3n) is 4.92. The van der Waals surface area contributed by atoms with E-state index in [4.69, 9.17) is 5.73 Å². The van der Waals surface area contributed by atoms with Crippen LogP contribution in [0.15, 0.2) is 0 Å². The molecule has 2 nitrogen and oxygen atoms in total. The van der Waals surface area contributed by atoms with Crippen LogP contribution in [0.25, 0.3) is 0 Å². The van der Waals surface area contributed by atoms with Crippen molar-refractivity contribution in [2.45, 2.75) is 77.8 Å². The Morgan fingerprint density at radius 2 is 1.76 bits per heavy atom. The largest absolute Gasteiger partial charge is 0.329 e. The van der Waals surface area contributed by atoms with Gasteiger partial charge in [-0.25, -0.2) is 0 Å². The van der Waals surface area contributed by atoms with Crippen molar-refractivity contribution in [3.05, 3.63) is 0 Å². The first-order valence-electron chi connectivity index (χ1n) is 7.34. The maximum Gasteiger partial charge on any atom is 0.0336 e. The Balaban J connectivity index is 2.87. The third-order valence-corrected chi connectivity index (χ3v) is 4.92. The van der Waals surface area contributed by atoms with Gasteiger partial charge in [0.25, 0.3) is 0 Å². The Kier molecular flexibility index (Phi) is 5.03. The predicted molar refractivity (Wildman–Crippen MR) is 76.2 cm³/mol. The van der Waals surface area contributed by atoms with E-state index >= 15 is 0 Å². The summed E-state index contributed by atoms with van der Waals surface area (Å²) in [7, 11) is 2.30. The van der Waals surface area contributed by atoms with Crippen LogP contribution in [0.2, 0.25) is 0 Å². The highest BCUT2D eigenvalue weighted by Gasteiger charge is 2.43. The average Bonchev–Trinajstić information content (AvgIpc) is 2.29. The lowest BCUT2D eigenvalue weighted by molar-refractivity contribution is -0.00193. The fraction of sp³-hybridized carbons (Fsp3) is 1.00. The quantitative estimate of drug-likeness (QED) is 0.798. The van der Waals surface area contributed by atoms with Crippen LogP contribution >= 0.6 is 0 Å². The molecule has 0 aromatic carbocycles. The van der Waals surface area contributed by atoms with Crippen LogP contribution in [0.4, 0.5) is 0 Å². The average molecular weight is 240 g/mol. The Morgan fingerprint density at radius 3 is 2.18 bits per heavy atom. The molecular formula is C15H32N2. The molecule has 2 N–H and O–H groups in total. The summed E-state index contributed by atoms with van der Waals surface area (Å²) in [4.78, 5) is 2.61. The minimum atomic E-state index is 0.248. The van der Waals surface area contributed by atoms with E-state index in [1.807, 2.05) is 0 Å². The van der Waals surface area contributed by atoms with Crippen LogP contribution in [0.5, 0.6) is 0 Å². The highest BCUT2D eigenvalue weighted by Crippen LogP contribution is 2.44. The zero-order valence-electron chi connectivity index (χ0n) is 12.6. The molecule has 1 fully saturated rings. The van der Waals surface area contributed by atoms with Gasteiger partial charge in [-0.3, -0.25) is 4.90 Å². The monoisotopic (exact) mass is 240 g/mol. The van der Waals surface area contributed by atoms with Gasteiger partial charge in [0.05, 0.1) is 0 Å². The second kappa shape index (κ2) is 5.71. The molecule has 0 bridgehead atoms. The number of hydrogen-bond donors (Lipinski definition) is 1. The van der Waals surface area contributed by atoms with Crippen molar-refractivity contribution < 1.29 is 0 Å². The highest BCUT2D eigenvalue weighted by molar-refractivity contribution is 4.99. The van der Waals surface area contributed by atoms with Crippen LogP contribution < -0.4 is 5.73 Å². The van der Waals surface area contributed by atoms with Gasteiger partial charge in [-0.15, -0.1) is 0 Å². The topological polar surface area (TPSA) is 29.3 Å². The smallest absolute Gasteiger partial charge is 0.0336 e.